The molecule has 1 fully saturated rings. The van der Waals surface area contributed by atoms with Crippen LogP contribution in [0.3, 0.4) is 0 Å². The van der Waals surface area contributed by atoms with Gasteiger partial charge < -0.3 is 4.57 Å². The molecule has 1 aromatic heterocycles. The SMILES string of the molecule is CCCn1ccnc1C(NN)C1CCCCCCC1. The minimum absolute atomic E-state index is 0.208. The first-order chi connectivity index (χ1) is 9.36. The molecule has 1 heterocycles. The van der Waals surface area contributed by atoms with Crippen molar-refractivity contribution in [3.8, 4) is 0 Å². The number of hydrazine groups is 1. The second-order valence-electron chi connectivity index (χ2n) is 5.73. The molecule has 0 spiro atoms. The molecule has 1 aliphatic carbocycles. The highest BCUT2D eigenvalue weighted by atomic mass is 15.3. The number of imidazole rings is 1. The molecule has 1 aliphatic rings. The van der Waals surface area contributed by atoms with E-state index in [-0.39, 0.29) is 6.04 Å². The Hall–Kier alpha value is -0.870. The van der Waals surface area contributed by atoms with Gasteiger partial charge in [0.2, 0.25) is 0 Å². The van der Waals surface area contributed by atoms with Gasteiger partial charge in [0.05, 0.1) is 6.04 Å². The predicted octanol–water partition coefficient (Wildman–Crippen LogP) is 3.16. The second-order valence-corrected chi connectivity index (χ2v) is 5.73. The van der Waals surface area contributed by atoms with Crippen molar-refractivity contribution in [2.45, 2.75) is 70.9 Å². The Bertz CT molecular complexity index is 353. The normalized spacial score (nSPS) is 19.9. The Morgan fingerprint density at radius 1 is 1.32 bits per heavy atom. The van der Waals surface area contributed by atoms with Crippen LogP contribution in [-0.4, -0.2) is 9.55 Å². The van der Waals surface area contributed by atoms with Gasteiger partial charge in [-0.2, -0.15) is 0 Å². The molecule has 1 unspecified atom stereocenters. The zero-order chi connectivity index (χ0) is 13.5. The Labute approximate surface area is 116 Å². The molecule has 0 aromatic carbocycles. The van der Waals surface area contributed by atoms with Gasteiger partial charge >= 0.3 is 0 Å². The lowest BCUT2D eigenvalue weighted by molar-refractivity contribution is 0.276. The van der Waals surface area contributed by atoms with E-state index < -0.39 is 0 Å². The quantitative estimate of drug-likeness (QED) is 0.634. The maximum absolute atomic E-state index is 5.85. The van der Waals surface area contributed by atoms with Crippen molar-refractivity contribution in [3.63, 3.8) is 0 Å². The van der Waals surface area contributed by atoms with E-state index in [0.29, 0.717) is 5.92 Å². The zero-order valence-corrected chi connectivity index (χ0v) is 12.1. The van der Waals surface area contributed by atoms with E-state index in [0.717, 1.165) is 18.8 Å². The van der Waals surface area contributed by atoms with E-state index >= 15 is 0 Å². The molecular formula is C15H28N4. The van der Waals surface area contributed by atoms with Crippen LogP contribution in [0.5, 0.6) is 0 Å². The molecule has 3 N–H and O–H groups in total. The number of nitrogens with zero attached hydrogens (tertiary/aromatic N) is 2. The molecule has 1 saturated carbocycles. The fourth-order valence-electron chi connectivity index (χ4n) is 3.27. The monoisotopic (exact) mass is 264 g/mol. The third-order valence-electron chi connectivity index (χ3n) is 4.29. The summed E-state index contributed by atoms with van der Waals surface area (Å²) in [5.41, 5.74) is 3.04. The standard InChI is InChI=1S/C15H28N4/c1-2-11-19-12-10-17-15(19)14(18-16)13-8-6-4-3-5-7-9-13/h10,12-14,18H,2-9,11,16H2,1H3. The molecule has 1 atom stereocenters. The van der Waals surface area contributed by atoms with E-state index in [1.807, 2.05) is 6.20 Å². The van der Waals surface area contributed by atoms with E-state index in [2.05, 4.69) is 28.1 Å². The molecule has 0 aliphatic heterocycles. The van der Waals surface area contributed by atoms with Gasteiger partial charge in [-0.25, -0.2) is 10.4 Å². The van der Waals surface area contributed by atoms with E-state index in [4.69, 9.17) is 5.84 Å². The van der Waals surface area contributed by atoms with Gasteiger partial charge in [0, 0.05) is 18.9 Å². The molecule has 4 heteroatoms. The van der Waals surface area contributed by atoms with E-state index in [1.54, 1.807) is 0 Å². The van der Waals surface area contributed by atoms with Crippen molar-refractivity contribution < 1.29 is 0 Å². The average molecular weight is 264 g/mol. The van der Waals surface area contributed by atoms with Crippen molar-refractivity contribution in [1.82, 2.24) is 15.0 Å². The predicted molar refractivity (Wildman–Crippen MR) is 78.4 cm³/mol. The highest BCUT2D eigenvalue weighted by Crippen LogP contribution is 2.31. The van der Waals surface area contributed by atoms with Gasteiger partial charge in [-0.3, -0.25) is 5.84 Å². The Kier molecular flexibility index (Phi) is 5.86. The third-order valence-corrected chi connectivity index (χ3v) is 4.29. The maximum Gasteiger partial charge on any atom is 0.127 e. The lowest BCUT2D eigenvalue weighted by Crippen LogP contribution is -2.36. The summed E-state index contributed by atoms with van der Waals surface area (Å²) in [4.78, 5) is 4.56. The van der Waals surface area contributed by atoms with Crippen molar-refractivity contribution in [2.75, 3.05) is 0 Å². The topological polar surface area (TPSA) is 55.9 Å². The molecule has 0 amide bonds. The van der Waals surface area contributed by atoms with Crippen LogP contribution in [0.2, 0.25) is 0 Å². The molecule has 0 saturated heterocycles. The van der Waals surface area contributed by atoms with Crippen molar-refractivity contribution in [2.24, 2.45) is 11.8 Å². The highest BCUT2D eigenvalue weighted by molar-refractivity contribution is 5.01. The summed E-state index contributed by atoms with van der Waals surface area (Å²) >= 11 is 0. The van der Waals surface area contributed by atoms with Crippen LogP contribution in [0.4, 0.5) is 0 Å². The van der Waals surface area contributed by atoms with Crippen molar-refractivity contribution in [3.05, 3.63) is 18.2 Å². The van der Waals surface area contributed by atoms with Crippen LogP contribution in [0.25, 0.3) is 0 Å². The number of aromatic nitrogens is 2. The summed E-state index contributed by atoms with van der Waals surface area (Å²) in [6, 6.07) is 0.208. The van der Waals surface area contributed by atoms with Crippen LogP contribution in [0.15, 0.2) is 12.4 Å². The van der Waals surface area contributed by atoms with Crippen molar-refractivity contribution in [1.29, 1.82) is 0 Å². The third kappa shape index (κ3) is 3.80. The summed E-state index contributed by atoms with van der Waals surface area (Å²) in [5, 5.41) is 0. The number of hydrogen-bond donors (Lipinski definition) is 2. The molecule has 2 rings (SSSR count). The Balaban J connectivity index is 2.10. The van der Waals surface area contributed by atoms with Gasteiger partial charge in [0.1, 0.15) is 5.82 Å². The first-order valence-electron chi connectivity index (χ1n) is 7.84. The summed E-state index contributed by atoms with van der Waals surface area (Å²) in [6.07, 6.45) is 14.5. The van der Waals surface area contributed by atoms with Gasteiger partial charge in [-0.15, -0.1) is 0 Å². The molecule has 1 aromatic rings. The zero-order valence-electron chi connectivity index (χ0n) is 12.1. The first kappa shape index (κ1) is 14.5. The number of hydrogen-bond acceptors (Lipinski definition) is 3. The summed E-state index contributed by atoms with van der Waals surface area (Å²) in [7, 11) is 0. The minimum atomic E-state index is 0.208. The van der Waals surface area contributed by atoms with Crippen LogP contribution < -0.4 is 11.3 Å². The first-order valence-corrected chi connectivity index (χ1v) is 7.84. The molecule has 0 bridgehead atoms. The summed E-state index contributed by atoms with van der Waals surface area (Å²) in [5.74, 6) is 7.59. The van der Waals surface area contributed by atoms with Gasteiger partial charge in [-0.05, 0) is 25.2 Å². The van der Waals surface area contributed by atoms with Gasteiger partial charge in [0.25, 0.3) is 0 Å². The van der Waals surface area contributed by atoms with Crippen LogP contribution in [0, 0.1) is 5.92 Å². The van der Waals surface area contributed by atoms with Gasteiger partial charge in [-0.1, -0.05) is 39.0 Å². The van der Waals surface area contributed by atoms with Crippen LogP contribution in [-0.2, 0) is 6.54 Å². The molecule has 19 heavy (non-hydrogen) atoms. The smallest absolute Gasteiger partial charge is 0.127 e. The van der Waals surface area contributed by atoms with E-state index in [1.165, 1.54) is 44.9 Å². The van der Waals surface area contributed by atoms with Crippen molar-refractivity contribution >= 4 is 0 Å². The lowest BCUT2D eigenvalue weighted by atomic mass is 9.85. The lowest BCUT2D eigenvalue weighted by Gasteiger charge is -2.28. The highest BCUT2D eigenvalue weighted by Gasteiger charge is 2.25. The molecular weight excluding hydrogens is 236 g/mol. The van der Waals surface area contributed by atoms with Gasteiger partial charge in [0.15, 0.2) is 0 Å². The Morgan fingerprint density at radius 3 is 2.63 bits per heavy atom. The number of nitrogens with one attached hydrogen (secondary N) is 1. The van der Waals surface area contributed by atoms with Crippen LogP contribution >= 0.6 is 0 Å². The minimum Gasteiger partial charge on any atom is -0.334 e. The number of aryl methyl sites for hydroxylation is 1. The second kappa shape index (κ2) is 7.65. The average Bonchev–Trinajstić information content (AvgIpc) is 2.81. The summed E-state index contributed by atoms with van der Waals surface area (Å²) in [6.45, 7) is 3.23. The fourth-order valence-corrected chi connectivity index (χ4v) is 3.27. The Morgan fingerprint density at radius 2 is 2.00 bits per heavy atom. The largest absolute Gasteiger partial charge is 0.334 e. The molecule has 4 nitrogen and oxygen atoms in total. The van der Waals surface area contributed by atoms with Crippen LogP contribution in [0.1, 0.15) is 70.2 Å². The maximum atomic E-state index is 5.85. The fraction of sp³-hybridized carbons (Fsp3) is 0.800. The molecule has 0 radical (unpaired) electrons. The molecule has 108 valence electrons. The van der Waals surface area contributed by atoms with E-state index in [9.17, 15) is 0 Å². The number of nitrogens with two attached hydrogens (primary N) is 1. The number of rotatable bonds is 5. The summed E-state index contributed by atoms with van der Waals surface area (Å²) < 4.78 is 2.25.